The fourth-order valence-electron chi connectivity index (χ4n) is 1.21. The Labute approximate surface area is 95.4 Å². The molecule has 16 heavy (non-hydrogen) atoms. The number of nitrogens with zero attached hydrogens (tertiary/aromatic N) is 1. The fraction of sp³-hybridized carbons (Fsp3) is 0.455. The van der Waals surface area contributed by atoms with Gasteiger partial charge in [0.2, 0.25) is 0 Å². The topological polar surface area (TPSA) is 80.0 Å². The predicted octanol–water partition coefficient (Wildman–Crippen LogP) is 1.14. The molecule has 0 aliphatic carbocycles. The second kappa shape index (κ2) is 6.07. The van der Waals surface area contributed by atoms with Crippen LogP contribution in [0.4, 0.5) is 5.82 Å². The van der Waals surface area contributed by atoms with Crippen LogP contribution in [0.3, 0.4) is 0 Å². The molecule has 0 fully saturated rings. The van der Waals surface area contributed by atoms with Crippen LogP contribution in [0.25, 0.3) is 0 Å². The van der Waals surface area contributed by atoms with Gasteiger partial charge in [0, 0.05) is 6.54 Å². The molecule has 0 aliphatic heterocycles. The Morgan fingerprint density at radius 2 is 2.25 bits per heavy atom. The van der Waals surface area contributed by atoms with Gasteiger partial charge in [0.25, 0.3) is 5.91 Å². The number of carbonyl (C=O) groups is 1. The van der Waals surface area contributed by atoms with E-state index in [0.29, 0.717) is 24.0 Å². The molecule has 0 radical (unpaired) electrons. The van der Waals surface area contributed by atoms with Crippen molar-refractivity contribution in [3.8, 4) is 0 Å². The number of carbonyl (C=O) groups excluding carboxylic acids is 1. The Kier molecular flexibility index (Phi) is 4.72. The second-order valence-electron chi connectivity index (χ2n) is 3.99. The first-order valence-electron chi connectivity index (χ1n) is 5.35. The number of nitrogens with two attached hydrogens (primary N) is 1. The molecule has 0 spiro atoms. The van der Waals surface area contributed by atoms with Crippen LogP contribution in [0.5, 0.6) is 0 Å². The van der Waals surface area contributed by atoms with Crippen LogP contribution in [-0.4, -0.2) is 17.4 Å². The molecular formula is C11H18N4O. The van der Waals surface area contributed by atoms with Gasteiger partial charge in [-0.2, -0.15) is 0 Å². The monoisotopic (exact) mass is 222 g/mol. The molecule has 5 nitrogen and oxygen atoms in total. The second-order valence-corrected chi connectivity index (χ2v) is 3.99. The largest absolute Gasteiger partial charge is 0.351 e. The summed E-state index contributed by atoms with van der Waals surface area (Å²) in [5, 5.41) is 2.81. The lowest BCUT2D eigenvalue weighted by Gasteiger charge is -2.07. The Bertz CT molecular complexity index is 352. The van der Waals surface area contributed by atoms with Crippen LogP contribution >= 0.6 is 0 Å². The normalized spacial score (nSPS) is 10.2. The highest BCUT2D eigenvalue weighted by Gasteiger charge is 2.07. The number of aromatic nitrogens is 1. The molecule has 1 aromatic rings. The summed E-state index contributed by atoms with van der Waals surface area (Å²) in [5.74, 6) is 6.10. The van der Waals surface area contributed by atoms with Gasteiger partial charge in [0.05, 0.1) is 0 Å². The van der Waals surface area contributed by atoms with Gasteiger partial charge >= 0.3 is 0 Å². The predicted molar refractivity (Wildman–Crippen MR) is 63.8 cm³/mol. The number of hydrogen-bond acceptors (Lipinski definition) is 4. The van der Waals surface area contributed by atoms with Crippen LogP contribution < -0.4 is 16.6 Å². The van der Waals surface area contributed by atoms with E-state index in [2.05, 4.69) is 29.6 Å². The van der Waals surface area contributed by atoms with Gasteiger partial charge < -0.3 is 10.7 Å². The highest BCUT2D eigenvalue weighted by molar-refractivity contribution is 5.92. The van der Waals surface area contributed by atoms with E-state index in [-0.39, 0.29) is 5.91 Å². The van der Waals surface area contributed by atoms with E-state index in [9.17, 15) is 4.79 Å². The van der Waals surface area contributed by atoms with Crippen molar-refractivity contribution in [3.05, 3.63) is 23.9 Å². The van der Waals surface area contributed by atoms with Crippen LogP contribution in [0.15, 0.2) is 18.2 Å². The third-order valence-electron chi connectivity index (χ3n) is 2.14. The summed E-state index contributed by atoms with van der Waals surface area (Å²) in [4.78, 5) is 15.7. The number of hydrogen-bond donors (Lipinski definition) is 3. The minimum absolute atomic E-state index is 0.169. The number of pyridine rings is 1. The maximum atomic E-state index is 11.7. The van der Waals surface area contributed by atoms with Crippen molar-refractivity contribution in [1.82, 2.24) is 10.3 Å². The van der Waals surface area contributed by atoms with Crippen molar-refractivity contribution in [2.75, 3.05) is 12.0 Å². The van der Waals surface area contributed by atoms with Crippen molar-refractivity contribution in [2.45, 2.75) is 20.3 Å². The molecule has 4 N–H and O–H groups in total. The fourth-order valence-corrected chi connectivity index (χ4v) is 1.21. The molecule has 0 bridgehead atoms. The number of nitrogens with one attached hydrogen (secondary N) is 2. The first-order valence-corrected chi connectivity index (χ1v) is 5.35. The molecule has 88 valence electrons. The average Bonchev–Trinajstić information content (AvgIpc) is 2.28. The standard InChI is InChI=1S/C11H18N4O/c1-8(2)6-7-13-11(16)9-4-3-5-10(14-9)15-12/h3-5,8H,6-7,12H2,1-2H3,(H,13,16)(H,14,15). The zero-order chi connectivity index (χ0) is 12.0. The van der Waals surface area contributed by atoms with Crippen LogP contribution in [0.2, 0.25) is 0 Å². The summed E-state index contributed by atoms with van der Waals surface area (Å²) in [6.07, 6.45) is 0.959. The Morgan fingerprint density at radius 3 is 2.88 bits per heavy atom. The minimum Gasteiger partial charge on any atom is -0.351 e. The number of amides is 1. The zero-order valence-electron chi connectivity index (χ0n) is 9.66. The van der Waals surface area contributed by atoms with Crippen molar-refractivity contribution >= 4 is 11.7 Å². The number of anilines is 1. The van der Waals surface area contributed by atoms with E-state index < -0.39 is 0 Å². The molecule has 0 saturated heterocycles. The lowest BCUT2D eigenvalue weighted by Crippen LogP contribution is -2.26. The molecule has 1 aromatic heterocycles. The highest BCUT2D eigenvalue weighted by atomic mass is 16.1. The minimum atomic E-state index is -0.169. The van der Waals surface area contributed by atoms with Gasteiger partial charge in [0.15, 0.2) is 0 Å². The molecule has 1 rings (SSSR count). The maximum absolute atomic E-state index is 11.7. The first-order chi connectivity index (χ1) is 7.63. The third-order valence-corrected chi connectivity index (χ3v) is 2.14. The van der Waals surface area contributed by atoms with Gasteiger partial charge in [-0.15, -0.1) is 0 Å². The Hall–Kier alpha value is -1.62. The van der Waals surface area contributed by atoms with Gasteiger partial charge in [-0.3, -0.25) is 4.79 Å². The molecule has 0 atom stereocenters. The number of rotatable bonds is 5. The van der Waals surface area contributed by atoms with E-state index in [4.69, 9.17) is 5.84 Å². The average molecular weight is 222 g/mol. The van der Waals surface area contributed by atoms with Gasteiger partial charge in [-0.1, -0.05) is 19.9 Å². The third kappa shape index (κ3) is 3.86. The Balaban J connectivity index is 2.52. The summed E-state index contributed by atoms with van der Waals surface area (Å²) in [6.45, 7) is 4.89. The lowest BCUT2D eigenvalue weighted by molar-refractivity contribution is 0.0947. The van der Waals surface area contributed by atoms with Gasteiger partial charge in [-0.05, 0) is 24.5 Å². The van der Waals surface area contributed by atoms with E-state index in [1.807, 2.05) is 0 Å². The summed E-state index contributed by atoms with van der Waals surface area (Å²) >= 11 is 0. The molecule has 0 aromatic carbocycles. The molecular weight excluding hydrogens is 204 g/mol. The quantitative estimate of drug-likeness (QED) is 0.515. The highest BCUT2D eigenvalue weighted by Crippen LogP contribution is 2.03. The molecule has 1 amide bonds. The summed E-state index contributed by atoms with van der Waals surface area (Å²) in [5.41, 5.74) is 2.78. The molecule has 1 heterocycles. The molecule has 0 saturated carbocycles. The lowest BCUT2D eigenvalue weighted by atomic mass is 10.1. The van der Waals surface area contributed by atoms with Crippen molar-refractivity contribution in [3.63, 3.8) is 0 Å². The zero-order valence-corrected chi connectivity index (χ0v) is 9.66. The van der Waals surface area contributed by atoms with E-state index >= 15 is 0 Å². The Morgan fingerprint density at radius 1 is 1.50 bits per heavy atom. The molecule has 0 unspecified atom stereocenters. The maximum Gasteiger partial charge on any atom is 0.269 e. The summed E-state index contributed by atoms with van der Waals surface area (Å²) in [6, 6.07) is 5.09. The summed E-state index contributed by atoms with van der Waals surface area (Å²) < 4.78 is 0. The first kappa shape index (κ1) is 12.4. The van der Waals surface area contributed by atoms with Crippen LogP contribution in [0.1, 0.15) is 30.8 Å². The van der Waals surface area contributed by atoms with Crippen LogP contribution in [-0.2, 0) is 0 Å². The smallest absolute Gasteiger partial charge is 0.269 e. The van der Waals surface area contributed by atoms with Crippen molar-refractivity contribution in [1.29, 1.82) is 0 Å². The van der Waals surface area contributed by atoms with E-state index in [1.165, 1.54) is 0 Å². The number of hydrazine groups is 1. The van der Waals surface area contributed by atoms with E-state index in [1.54, 1.807) is 18.2 Å². The van der Waals surface area contributed by atoms with Crippen molar-refractivity contribution in [2.24, 2.45) is 11.8 Å². The van der Waals surface area contributed by atoms with Crippen molar-refractivity contribution < 1.29 is 4.79 Å². The van der Waals surface area contributed by atoms with Gasteiger partial charge in [-0.25, -0.2) is 10.8 Å². The molecule has 0 aliphatic rings. The van der Waals surface area contributed by atoms with Gasteiger partial charge in [0.1, 0.15) is 11.5 Å². The number of nitrogen functional groups attached to an aromatic ring is 1. The van der Waals surface area contributed by atoms with E-state index in [0.717, 1.165) is 6.42 Å². The van der Waals surface area contributed by atoms with Crippen LogP contribution in [0, 0.1) is 5.92 Å². The molecule has 5 heteroatoms. The SMILES string of the molecule is CC(C)CCNC(=O)c1cccc(NN)n1. The summed E-state index contributed by atoms with van der Waals surface area (Å²) in [7, 11) is 0.